The molecule has 0 saturated heterocycles. The van der Waals surface area contributed by atoms with Crippen molar-refractivity contribution >= 4 is 41.3 Å². The van der Waals surface area contributed by atoms with Gasteiger partial charge in [0.1, 0.15) is 0 Å². The summed E-state index contributed by atoms with van der Waals surface area (Å²) < 4.78 is 5.34. The van der Waals surface area contributed by atoms with Crippen LogP contribution in [0, 0.1) is 11.3 Å². The van der Waals surface area contributed by atoms with Gasteiger partial charge in [-0.05, 0) is 37.5 Å². The molecule has 0 amide bonds. The van der Waals surface area contributed by atoms with Gasteiger partial charge in [-0.1, -0.05) is 26.7 Å². The third-order valence-corrected chi connectivity index (χ3v) is 6.06. The summed E-state index contributed by atoms with van der Waals surface area (Å²) >= 11 is 1.78. The van der Waals surface area contributed by atoms with Gasteiger partial charge in [0, 0.05) is 44.3 Å². The lowest BCUT2D eigenvalue weighted by molar-refractivity contribution is 0.138. The van der Waals surface area contributed by atoms with E-state index in [9.17, 15) is 0 Å². The number of nitrogens with one attached hydrogen (secondary N) is 2. The summed E-state index contributed by atoms with van der Waals surface area (Å²) in [6.45, 7) is 9.96. The van der Waals surface area contributed by atoms with Crippen LogP contribution in [0.25, 0.3) is 0 Å². The molecule has 1 saturated carbocycles. The molecule has 1 aliphatic rings. The first-order valence-corrected chi connectivity index (χ1v) is 10.8. The summed E-state index contributed by atoms with van der Waals surface area (Å²) in [5.74, 6) is 1.56. The highest BCUT2D eigenvalue weighted by Gasteiger charge is 2.33. The third-order valence-electron chi connectivity index (χ3n) is 5.05. The fraction of sp³-hybridized carbons (Fsp3) is 0.800. The fourth-order valence-electron chi connectivity index (χ4n) is 3.59. The Morgan fingerprint density at radius 1 is 1.33 bits per heavy atom. The molecule has 2 N–H and O–H groups in total. The number of halogens is 1. The molecule has 156 valence electrons. The van der Waals surface area contributed by atoms with Crippen molar-refractivity contribution in [1.82, 2.24) is 15.6 Å². The van der Waals surface area contributed by atoms with Gasteiger partial charge in [0.2, 0.25) is 0 Å². The van der Waals surface area contributed by atoms with Gasteiger partial charge >= 0.3 is 0 Å². The molecule has 0 radical (unpaired) electrons. The topological polar surface area (TPSA) is 58.5 Å². The van der Waals surface area contributed by atoms with Crippen LogP contribution in [0.15, 0.2) is 11.2 Å². The van der Waals surface area contributed by atoms with Crippen LogP contribution in [0.3, 0.4) is 0 Å². The van der Waals surface area contributed by atoms with Crippen LogP contribution < -0.4 is 10.6 Å². The fourth-order valence-corrected chi connectivity index (χ4v) is 4.65. The Labute approximate surface area is 186 Å². The number of ether oxygens (including phenoxy) is 1. The van der Waals surface area contributed by atoms with Gasteiger partial charge in [-0.25, -0.2) is 9.98 Å². The van der Waals surface area contributed by atoms with E-state index in [4.69, 9.17) is 9.73 Å². The molecule has 1 fully saturated rings. The van der Waals surface area contributed by atoms with E-state index in [2.05, 4.69) is 36.4 Å². The lowest BCUT2D eigenvalue weighted by Crippen LogP contribution is -2.43. The third kappa shape index (κ3) is 8.64. The Hall–Kier alpha value is -0.410. The van der Waals surface area contributed by atoms with E-state index in [-0.39, 0.29) is 24.0 Å². The second-order valence-corrected chi connectivity index (χ2v) is 9.02. The lowest BCUT2D eigenvalue weighted by atomic mass is 9.83. The van der Waals surface area contributed by atoms with Crippen molar-refractivity contribution < 1.29 is 4.74 Å². The van der Waals surface area contributed by atoms with Gasteiger partial charge in [0.05, 0.1) is 11.6 Å². The molecule has 1 aliphatic carbocycles. The normalized spacial score (nSPS) is 16.4. The second-order valence-electron chi connectivity index (χ2n) is 7.82. The maximum Gasteiger partial charge on any atom is 0.191 e. The minimum Gasteiger partial charge on any atom is -0.385 e. The minimum atomic E-state index is 0. The SMILES string of the molecule is CCNC(=NCc1cnc(CC(C)C)s1)NCC1(CCOC)CCCC1.I. The first kappa shape index (κ1) is 24.6. The smallest absolute Gasteiger partial charge is 0.191 e. The Morgan fingerprint density at radius 2 is 2.07 bits per heavy atom. The number of thiazole rings is 1. The molecule has 1 heterocycles. The average molecular weight is 509 g/mol. The van der Waals surface area contributed by atoms with E-state index < -0.39 is 0 Å². The molecule has 0 spiro atoms. The number of hydrogen-bond donors (Lipinski definition) is 2. The predicted molar refractivity (Wildman–Crippen MR) is 126 cm³/mol. The van der Waals surface area contributed by atoms with Crippen LogP contribution in [0.4, 0.5) is 0 Å². The summed E-state index contributed by atoms with van der Waals surface area (Å²) in [7, 11) is 1.80. The summed E-state index contributed by atoms with van der Waals surface area (Å²) in [6.07, 6.45) is 9.40. The number of guanidine groups is 1. The molecular weight excluding hydrogens is 471 g/mol. The molecule has 7 heteroatoms. The van der Waals surface area contributed by atoms with E-state index in [0.717, 1.165) is 38.5 Å². The number of aromatic nitrogens is 1. The van der Waals surface area contributed by atoms with Crippen LogP contribution in [0.5, 0.6) is 0 Å². The first-order chi connectivity index (χ1) is 12.6. The summed E-state index contributed by atoms with van der Waals surface area (Å²) in [5, 5.41) is 8.19. The van der Waals surface area contributed by atoms with Crippen molar-refractivity contribution in [2.75, 3.05) is 26.8 Å². The average Bonchev–Trinajstić information content (AvgIpc) is 3.25. The molecule has 0 aromatic carbocycles. The molecule has 0 atom stereocenters. The lowest BCUT2D eigenvalue weighted by Gasteiger charge is -2.30. The zero-order valence-electron chi connectivity index (χ0n) is 17.3. The molecular formula is C20H37IN4OS. The predicted octanol–water partition coefficient (Wildman–Crippen LogP) is 4.61. The van der Waals surface area contributed by atoms with E-state index in [1.165, 1.54) is 35.6 Å². The minimum absolute atomic E-state index is 0. The Morgan fingerprint density at radius 3 is 2.70 bits per heavy atom. The Balaban J connectivity index is 0.00000364. The maximum absolute atomic E-state index is 5.34. The number of rotatable bonds is 10. The van der Waals surface area contributed by atoms with Gasteiger partial charge in [-0.15, -0.1) is 35.3 Å². The van der Waals surface area contributed by atoms with Crippen molar-refractivity contribution in [2.45, 2.75) is 65.8 Å². The Bertz CT molecular complexity index is 556. The van der Waals surface area contributed by atoms with Crippen LogP contribution in [-0.2, 0) is 17.7 Å². The largest absolute Gasteiger partial charge is 0.385 e. The molecule has 2 rings (SSSR count). The molecule has 5 nitrogen and oxygen atoms in total. The van der Waals surface area contributed by atoms with Crippen LogP contribution in [0.2, 0.25) is 0 Å². The number of aliphatic imine (C=N–C) groups is 1. The first-order valence-electron chi connectivity index (χ1n) is 10.0. The second kappa shape index (κ2) is 12.9. The highest BCUT2D eigenvalue weighted by molar-refractivity contribution is 14.0. The summed E-state index contributed by atoms with van der Waals surface area (Å²) in [6, 6.07) is 0. The van der Waals surface area contributed by atoms with Gasteiger partial charge in [-0.3, -0.25) is 0 Å². The van der Waals surface area contributed by atoms with Gasteiger partial charge < -0.3 is 15.4 Å². The van der Waals surface area contributed by atoms with Crippen molar-refractivity contribution in [2.24, 2.45) is 16.3 Å². The molecule has 0 bridgehead atoms. The molecule has 0 unspecified atom stereocenters. The van der Waals surface area contributed by atoms with Crippen molar-refractivity contribution in [3.05, 3.63) is 16.1 Å². The van der Waals surface area contributed by atoms with Crippen LogP contribution >= 0.6 is 35.3 Å². The number of methoxy groups -OCH3 is 1. The van der Waals surface area contributed by atoms with Gasteiger partial charge in [0.15, 0.2) is 5.96 Å². The molecule has 1 aromatic rings. The van der Waals surface area contributed by atoms with Crippen molar-refractivity contribution in [3.8, 4) is 0 Å². The molecule has 27 heavy (non-hydrogen) atoms. The molecule has 1 aromatic heterocycles. The highest BCUT2D eigenvalue weighted by Crippen LogP contribution is 2.40. The van der Waals surface area contributed by atoms with Crippen LogP contribution in [-0.4, -0.2) is 37.7 Å². The number of hydrogen-bond acceptors (Lipinski definition) is 4. The van der Waals surface area contributed by atoms with E-state index in [1.54, 1.807) is 18.4 Å². The van der Waals surface area contributed by atoms with Gasteiger partial charge in [0.25, 0.3) is 0 Å². The number of nitrogens with zero attached hydrogens (tertiary/aromatic N) is 2. The van der Waals surface area contributed by atoms with E-state index in [1.807, 2.05) is 6.20 Å². The zero-order valence-corrected chi connectivity index (χ0v) is 20.5. The highest BCUT2D eigenvalue weighted by atomic mass is 127. The van der Waals surface area contributed by atoms with Crippen LogP contribution in [0.1, 0.15) is 62.8 Å². The molecule has 0 aliphatic heterocycles. The standard InChI is InChI=1S/C20H36N4OS.HI/c1-5-21-19(23-14-17-13-22-18(26-17)12-16(2)3)24-15-20(10-11-25-4)8-6-7-9-20;/h13,16H,5-12,14-15H2,1-4H3,(H2,21,23,24);1H. The van der Waals surface area contributed by atoms with Crippen molar-refractivity contribution in [3.63, 3.8) is 0 Å². The van der Waals surface area contributed by atoms with Crippen molar-refractivity contribution in [1.29, 1.82) is 0 Å². The van der Waals surface area contributed by atoms with E-state index >= 15 is 0 Å². The monoisotopic (exact) mass is 508 g/mol. The van der Waals surface area contributed by atoms with E-state index in [0.29, 0.717) is 17.9 Å². The zero-order chi connectivity index (χ0) is 18.8. The summed E-state index contributed by atoms with van der Waals surface area (Å²) in [5.41, 5.74) is 0.362. The maximum atomic E-state index is 5.34. The quantitative estimate of drug-likeness (QED) is 0.275. The Kier molecular flexibility index (Phi) is 11.8. The summed E-state index contributed by atoms with van der Waals surface area (Å²) in [4.78, 5) is 10.5. The van der Waals surface area contributed by atoms with Gasteiger partial charge in [-0.2, -0.15) is 0 Å².